The molecule has 0 aliphatic carbocycles. The highest BCUT2D eigenvalue weighted by molar-refractivity contribution is 7.89. The van der Waals surface area contributed by atoms with E-state index in [9.17, 15) is 13.2 Å². The van der Waals surface area contributed by atoms with Crippen LogP contribution in [0.2, 0.25) is 0 Å². The molecule has 0 N–H and O–H groups in total. The van der Waals surface area contributed by atoms with Crippen LogP contribution in [0, 0.1) is 13.8 Å². The zero-order chi connectivity index (χ0) is 20.5. The Bertz CT molecular complexity index is 939. The van der Waals surface area contributed by atoms with Gasteiger partial charge in [0.05, 0.1) is 22.7 Å². The van der Waals surface area contributed by atoms with Crippen LogP contribution in [0.25, 0.3) is 0 Å². The number of benzene rings is 2. The molecule has 0 unspecified atom stereocenters. The summed E-state index contributed by atoms with van der Waals surface area (Å²) in [5, 5.41) is 0. The van der Waals surface area contributed by atoms with Crippen LogP contribution < -0.4 is 4.74 Å². The first-order chi connectivity index (χ1) is 13.1. The molecule has 28 heavy (non-hydrogen) atoms. The first-order valence-electron chi connectivity index (χ1n) is 9.21. The maximum atomic E-state index is 12.9. The van der Waals surface area contributed by atoms with E-state index in [1.54, 1.807) is 12.1 Å². The number of rotatable bonds is 4. The topological polar surface area (TPSA) is 72.9 Å². The zero-order valence-electron chi connectivity index (χ0n) is 16.5. The summed E-state index contributed by atoms with van der Waals surface area (Å²) >= 11 is 0. The highest BCUT2D eigenvalue weighted by atomic mass is 32.2. The number of sulfonamides is 1. The second-order valence-corrected chi connectivity index (χ2v) is 9.25. The fourth-order valence-corrected chi connectivity index (χ4v) is 4.99. The van der Waals surface area contributed by atoms with Crippen molar-refractivity contribution in [3.8, 4) is 5.75 Å². The number of morpholine rings is 1. The molecule has 0 aromatic heterocycles. The number of carbonyl (C=O) groups is 1. The Kier molecular flexibility index (Phi) is 5.88. The van der Waals surface area contributed by atoms with Crippen molar-refractivity contribution in [1.29, 1.82) is 0 Å². The van der Waals surface area contributed by atoms with Crippen molar-refractivity contribution in [1.82, 2.24) is 4.31 Å². The van der Waals surface area contributed by atoms with Crippen molar-refractivity contribution in [3.05, 3.63) is 59.2 Å². The molecule has 2 aromatic rings. The van der Waals surface area contributed by atoms with E-state index in [0.717, 1.165) is 11.1 Å². The first kappa shape index (κ1) is 20.5. The van der Waals surface area contributed by atoms with Gasteiger partial charge in [-0.05, 0) is 75.2 Å². The maximum Gasteiger partial charge on any atom is 0.343 e. The Morgan fingerprint density at radius 2 is 1.54 bits per heavy atom. The molecule has 2 aromatic carbocycles. The van der Waals surface area contributed by atoms with Crippen molar-refractivity contribution in [2.75, 3.05) is 13.1 Å². The number of hydrogen-bond acceptors (Lipinski definition) is 5. The second kappa shape index (κ2) is 8.03. The molecule has 0 spiro atoms. The molecule has 150 valence electrons. The summed E-state index contributed by atoms with van der Waals surface area (Å²) in [6, 6.07) is 11.4. The Morgan fingerprint density at radius 3 is 2.07 bits per heavy atom. The lowest BCUT2D eigenvalue weighted by atomic mass is 10.1. The Hall–Kier alpha value is -2.22. The van der Waals surface area contributed by atoms with Crippen molar-refractivity contribution in [2.24, 2.45) is 0 Å². The second-order valence-electron chi connectivity index (χ2n) is 7.32. The Morgan fingerprint density at radius 1 is 1.00 bits per heavy atom. The van der Waals surface area contributed by atoms with E-state index in [2.05, 4.69) is 0 Å². The number of aryl methyl sites for hydroxylation is 2. The third-order valence-electron chi connectivity index (χ3n) is 4.52. The molecule has 2 atom stereocenters. The van der Waals surface area contributed by atoms with Gasteiger partial charge in [-0.3, -0.25) is 0 Å². The maximum absolute atomic E-state index is 12.9. The van der Waals surface area contributed by atoms with Crippen molar-refractivity contribution in [2.45, 2.75) is 44.8 Å². The van der Waals surface area contributed by atoms with Gasteiger partial charge in [0.25, 0.3) is 0 Å². The molecule has 0 bridgehead atoms. The fraction of sp³-hybridized carbons (Fsp3) is 0.381. The minimum Gasteiger partial charge on any atom is -0.423 e. The summed E-state index contributed by atoms with van der Waals surface area (Å²) in [6.07, 6.45) is -0.323. The van der Waals surface area contributed by atoms with Gasteiger partial charge in [0.1, 0.15) is 5.75 Å². The summed E-state index contributed by atoms with van der Waals surface area (Å²) in [6.45, 7) is 8.18. The highest BCUT2D eigenvalue weighted by Crippen LogP contribution is 2.22. The molecule has 6 nitrogen and oxygen atoms in total. The molecular weight excluding hydrogens is 378 g/mol. The van der Waals surface area contributed by atoms with Crippen molar-refractivity contribution < 1.29 is 22.7 Å². The molecule has 1 aliphatic heterocycles. The number of esters is 1. The molecule has 1 heterocycles. The lowest BCUT2D eigenvalue weighted by Gasteiger charge is -2.34. The van der Waals surface area contributed by atoms with Crippen molar-refractivity contribution >= 4 is 16.0 Å². The van der Waals surface area contributed by atoms with Crippen LogP contribution in [0.15, 0.2) is 47.4 Å². The van der Waals surface area contributed by atoms with Crippen LogP contribution >= 0.6 is 0 Å². The smallest absolute Gasteiger partial charge is 0.343 e. The minimum absolute atomic E-state index is 0.150. The fourth-order valence-electron chi connectivity index (χ4n) is 3.40. The highest BCUT2D eigenvalue weighted by Gasteiger charge is 2.32. The predicted octanol–water partition coefficient (Wildman–Crippen LogP) is 3.32. The predicted molar refractivity (Wildman–Crippen MR) is 106 cm³/mol. The van der Waals surface area contributed by atoms with Gasteiger partial charge in [0.15, 0.2) is 0 Å². The summed E-state index contributed by atoms with van der Waals surface area (Å²) < 4.78 is 38.2. The van der Waals surface area contributed by atoms with E-state index in [1.807, 2.05) is 33.8 Å². The van der Waals surface area contributed by atoms with Gasteiger partial charge in [-0.15, -0.1) is 0 Å². The number of ether oxygens (including phenoxy) is 2. The summed E-state index contributed by atoms with van der Waals surface area (Å²) in [4.78, 5) is 12.5. The molecule has 0 saturated carbocycles. The first-order valence-corrected chi connectivity index (χ1v) is 10.7. The van der Waals surface area contributed by atoms with E-state index < -0.39 is 16.0 Å². The molecule has 7 heteroatoms. The van der Waals surface area contributed by atoms with Crippen LogP contribution in [0.4, 0.5) is 0 Å². The van der Waals surface area contributed by atoms with Crippen LogP contribution in [-0.4, -0.2) is 44.0 Å². The number of nitrogens with zero attached hydrogens (tertiary/aromatic N) is 1. The third kappa shape index (κ3) is 4.60. The largest absolute Gasteiger partial charge is 0.423 e. The molecule has 1 fully saturated rings. The van der Waals surface area contributed by atoms with E-state index in [0.29, 0.717) is 24.4 Å². The quantitative estimate of drug-likeness (QED) is 0.578. The molecular formula is C21H25NO5S. The summed E-state index contributed by atoms with van der Waals surface area (Å²) in [7, 11) is -3.64. The average Bonchev–Trinajstić information content (AvgIpc) is 2.60. The molecule has 0 amide bonds. The van der Waals surface area contributed by atoms with Crippen LogP contribution in [0.5, 0.6) is 5.75 Å². The van der Waals surface area contributed by atoms with E-state index in [4.69, 9.17) is 9.47 Å². The van der Waals surface area contributed by atoms with Gasteiger partial charge in [0, 0.05) is 13.1 Å². The van der Waals surface area contributed by atoms with Gasteiger partial charge < -0.3 is 9.47 Å². The van der Waals surface area contributed by atoms with Gasteiger partial charge in [-0.25, -0.2) is 13.2 Å². The van der Waals surface area contributed by atoms with E-state index >= 15 is 0 Å². The Labute approximate surface area is 166 Å². The van der Waals surface area contributed by atoms with E-state index in [1.165, 1.54) is 28.6 Å². The lowest BCUT2D eigenvalue weighted by molar-refractivity contribution is -0.0440. The van der Waals surface area contributed by atoms with Gasteiger partial charge in [0.2, 0.25) is 10.0 Å². The van der Waals surface area contributed by atoms with Crippen molar-refractivity contribution in [3.63, 3.8) is 0 Å². The standard InChI is InChI=1S/C21H25NO5S/c1-14-9-15(2)11-19(10-14)27-21(23)18-5-7-20(8-6-18)28(24,25)22-12-16(3)26-17(4)13-22/h5-11,16-17H,12-13H2,1-4H3/t16-,17-/m0/s1. The third-order valence-corrected chi connectivity index (χ3v) is 6.37. The molecule has 1 aliphatic rings. The Balaban J connectivity index is 1.76. The number of hydrogen-bond donors (Lipinski definition) is 0. The minimum atomic E-state index is -3.64. The summed E-state index contributed by atoms with van der Waals surface area (Å²) in [5.41, 5.74) is 2.29. The van der Waals surface area contributed by atoms with Gasteiger partial charge in [-0.1, -0.05) is 6.07 Å². The summed E-state index contributed by atoms with van der Waals surface area (Å²) in [5.74, 6) is -0.0574. The van der Waals surface area contributed by atoms with Gasteiger partial charge >= 0.3 is 5.97 Å². The van der Waals surface area contributed by atoms with Crippen LogP contribution in [0.3, 0.4) is 0 Å². The normalized spacial score (nSPS) is 20.7. The number of carbonyl (C=O) groups excluding carboxylic acids is 1. The SMILES string of the molecule is Cc1cc(C)cc(OC(=O)c2ccc(S(=O)(=O)N3C[C@H](C)O[C@@H](C)C3)cc2)c1. The zero-order valence-corrected chi connectivity index (χ0v) is 17.3. The molecule has 0 radical (unpaired) electrons. The average molecular weight is 404 g/mol. The molecule has 1 saturated heterocycles. The van der Waals surface area contributed by atoms with Crippen LogP contribution in [0.1, 0.15) is 35.3 Å². The van der Waals surface area contributed by atoms with Crippen LogP contribution in [-0.2, 0) is 14.8 Å². The van der Waals surface area contributed by atoms with E-state index in [-0.39, 0.29) is 17.1 Å². The molecule has 3 rings (SSSR count). The lowest BCUT2D eigenvalue weighted by Crippen LogP contribution is -2.48. The monoisotopic (exact) mass is 403 g/mol. The van der Waals surface area contributed by atoms with Gasteiger partial charge in [-0.2, -0.15) is 4.31 Å².